The molecule has 2 aromatic carbocycles. The number of ether oxygens (including phenoxy) is 1. The molecule has 0 bridgehead atoms. The smallest absolute Gasteiger partial charge is 0.155 e. The van der Waals surface area contributed by atoms with E-state index in [0.717, 1.165) is 5.56 Å². The summed E-state index contributed by atoms with van der Waals surface area (Å²) in [5, 5.41) is 0.409. The van der Waals surface area contributed by atoms with Crippen molar-refractivity contribution >= 4 is 17.9 Å². The molecule has 2 aromatic rings. The van der Waals surface area contributed by atoms with Crippen molar-refractivity contribution in [2.45, 2.75) is 13.5 Å². The van der Waals surface area contributed by atoms with E-state index >= 15 is 0 Å². The van der Waals surface area contributed by atoms with Crippen molar-refractivity contribution < 1.29 is 9.53 Å². The molecule has 0 radical (unpaired) electrons. The van der Waals surface area contributed by atoms with Crippen LogP contribution in [0.2, 0.25) is 5.02 Å². The third-order valence-electron chi connectivity index (χ3n) is 2.61. The van der Waals surface area contributed by atoms with Gasteiger partial charge in [0.2, 0.25) is 0 Å². The Balaban J connectivity index is 2.15. The third-order valence-corrected chi connectivity index (χ3v) is 2.94. The lowest BCUT2D eigenvalue weighted by Crippen LogP contribution is -1.98. The molecule has 0 aliphatic carbocycles. The molecular weight excluding hydrogens is 248 g/mol. The molecule has 0 saturated heterocycles. The minimum absolute atomic E-state index is 0.395. The molecule has 0 aromatic heterocycles. The first-order valence-corrected chi connectivity index (χ1v) is 6.00. The maximum atomic E-state index is 10.9. The maximum absolute atomic E-state index is 10.9. The quantitative estimate of drug-likeness (QED) is 0.776. The Hall–Kier alpha value is -1.80. The van der Waals surface area contributed by atoms with Crippen LogP contribution in [0, 0.1) is 6.92 Å². The molecule has 0 aliphatic rings. The Morgan fingerprint density at radius 1 is 1.22 bits per heavy atom. The van der Waals surface area contributed by atoms with Crippen LogP contribution < -0.4 is 4.74 Å². The molecule has 0 spiro atoms. The van der Waals surface area contributed by atoms with E-state index in [-0.39, 0.29) is 0 Å². The van der Waals surface area contributed by atoms with Crippen LogP contribution in [0.5, 0.6) is 5.75 Å². The van der Waals surface area contributed by atoms with Crippen LogP contribution in [0.15, 0.2) is 42.5 Å². The molecule has 18 heavy (non-hydrogen) atoms. The van der Waals surface area contributed by atoms with Crippen LogP contribution in [-0.4, -0.2) is 6.29 Å². The summed E-state index contributed by atoms with van der Waals surface area (Å²) in [5.74, 6) is 0.513. The normalized spacial score (nSPS) is 10.1. The van der Waals surface area contributed by atoms with Gasteiger partial charge in [-0.25, -0.2) is 0 Å². The highest BCUT2D eigenvalue weighted by Gasteiger charge is 2.07. The van der Waals surface area contributed by atoms with Crippen LogP contribution in [-0.2, 0) is 6.61 Å². The van der Waals surface area contributed by atoms with E-state index in [0.29, 0.717) is 29.2 Å². The average molecular weight is 261 g/mol. The topological polar surface area (TPSA) is 26.3 Å². The van der Waals surface area contributed by atoms with Crippen molar-refractivity contribution in [1.82, 2.24) is 0 Å². The Morgan fingerprint density at radius 3 is 2.72 bits per heavy atom. The maximum Gasteiger partial charge on any atom is 0.155 e. The van der Waals surface area contributed by atoms with E-state index in [1.54, 1.807) is 18.2 Å². The first-order chi connectivity index (χ1) is 8.70. The summed E-state index contributed by atoms with van der Waals surface area (Å²) < 4.78 is 5.63. The van der Waals surface area contributed by atoms with E-state index < -0.39 is 0 Å². The second kappa shape index (κ2) is 5.69. The summed E-state index contributed by atoms with van der Waals surface area (Å²) >= 11 is 5.93. The molecule has 3 heteroatoms. The highest BCUT2D eigenvalue weighted by Crippen LogP contribution is 2.25. The number of aldehydes is 1. The molecule has 0 unspecified atom stereocenters. The van der Waals surface area contributed by atoms with Gasteiger partial charge in [-0.3, -0.25) is 4.79 Å². The number of rotatable bonds is 4. The Kier molecular flexibility index (Phi) is 4.00. The lowest BCUT2D eigenvalue weighted by Gasteiger charge is -2.09. The number of carbonyl (C=O) groups excluding carboxylic acids is 1. The van der Waals surface area contributed by atoms with Crippen LogP contribution in [0.3, 0.4) is 0 Å². The molecule has 0 heterocycles. The van der Waals surface area contributed by atoms with Gasteiger partial charge in [-0.2, -0.15) is 0 Å². The molecular formula is C15H13ClO2. The lowest BCUT2D eigenvalue weighted by molar-refractivity contribution is 0.111. The number of aryl methyl sites for hydroxylation is 1. The van der Waals surface area contributed by atoms with Gasteiger partial charge in [-0.05, 0) is 24.6 Å². The SMILES string of the molecule is Cc1cccc(COc2cccc(Cl)c2C=O)c1. The Bertz CT molecular complexity index is 564. The molecule has 0 aliphatic heterocycles. The largest absolute Gasteiger partial charge is 0.488 e. The fraction of sp³-hybridized carbons (Fsp3) is 0.133. The summed E-state index contributed by atoms with van der Waals surface area (Å²) in [6.07, 6.45) is 0.716. The summed E-state index contributed by atoms with van der Waals surface area (Å²) in [4.78, 5) is 10.9. The predicted molar refractivity (Wildman–Crippen MR) is 72.4 cm³/mol. The van der Waals surface area contributed by atoms with Crippen molar-refractivity contribution in [3.05, 3.63) is 64.2 Å². The molecule has 0 amide bonds. The van der Waals surface area contributed by atoms with Gasteiger partial charge in [-0.1, -0.05) is 47.5 Å². The molecule has 0 saturated carbocycles. The third kappa shape index (κ3) is 2.90. The van der Waals surface area contributed by atoms with Gasteiger partial charge in [-0.15, -0.1) is 0 Å². The van der Waals surface area contributed by atoms with Crippen molar-refractivity contribution in [2.75, 3.05) is 0 Å². The van der Waals surface area contributed by atoms with Gasteiger partial charge in [0.15, 0.2) is 6.29 Å². The lowest BCUT2D eigenvalue weighted by atomic mass is 10.1. The minimum Gasteiger partial charge on any atom is -0.488 e. The van der Waals surface area contributed by atoms with Crippen molar-refractivity contribution in [1.29, 1.82) is 0 Å². The van der Waals surface area contributed by atoms with Gasteiger partial charge in [0.25, 0.3) is 0 Å². The zero-order chi connectivity index (χ0) is 13.0. The van der Waals surface area contributed by atoms with Gasteiger partial charge < -0.3 is 4.74 Å². The number of benzene rings is 2. The molecule has 0 N–H and O–H groups in total. The minimum atomic E-state index is 0.395. The first kappa shape index (κ1) is 12.7. The van der Waals surface area contributed by atoms with Crippen LogP contribution >= 0.6 is 11.6 Å². The zero-order valence-corrected chi connectivity index (χ0v) is 10.8. The second-order valence-electron chi connectivity index (χ2n) is 4.05. The highest BCUT2D eigenvalue weighted by atomic mass is 35.5. The van der Waals surface area contributed by atoms with Crippen molar-refractivity contribution in [3.8, 4) is 5.75 Å². The Labute approximate surface area is 111 Å². The van der Waals surface area contributed by atoms with Crippen LogP contribution in [0.1, 0.15) is 21.5 Å². The summed E-state index contributed by atoms with van der Waals surface area (Å²) in [6.45, 7) is 2.45. The molecule has 2 nitrogen and oxygen atoms in total. The number of hydrogen-bond donors (Lipinski definition) is 0. The van der Waals surface area contributed by atoms with Crippen molar-refractivity contribution in [2.24, 2.45) is 0 Å². The van der Waals surface area contributed by atoms with E-state index in [2.05, 4.69) is 0 Å². The van der Waals surface area contributed by atoms with Crippen LogP contribution in [0.25, 0.3) is 0 Å². The van der Waals surface area contributed by atoms with Gasteiger partial charge in [0.1, 0.15) is 12.4 Å². The van der Waals surface area contributed by atoms with E-state index in [1.807, 2.05) is 31.2 Å². The molecule has 0 atom stereocenters. The summed E-state index contributed by atoms with van der Waals surface area (Å²) in [6, 6.07) is 13.2. The second-order valence-corrected chi connectivity index (χ2v) is 4.45. The highest BCUT2D eigenvalue weighted by molar-refractivity contribution is 6.33. The monoisotopic (exact) mass is 260 g/mol. The fourth-order valence-corrected chi connectivity index (χ4v) is 1.93. The summed E-state index contributed by atoms with van der Waals surface area (Å²) in [5.41, 5.74) is 2.64. The van der Waals surface area contributed by atoms with Gasteiger partial charge >= 0.3 is 0 Å². The van der Waals surface area contributed by atoms with Crippen LogP contribution in [0.4, 0.5) is 0 Å². The van der Waals surface area contributed by atoms with E-state index in [4.69, 9.17) is 16.3 Å². The van der Waals surface area contributed by atoms with Gasteiger partial charge in [0, 0.05) is 0 Å². The zero-order valence-electron chi connectivity index (χ0n) is 10.0. The standard InChI is InChI=1S/C15H13ClO2/c1-11-4-2-5-12(8-11)10-18-15-7-3-6-14(16)13(15)9-17/h2-9H,10H2,1H3. The van der Waals surface area contributed by atoms with Crippen molar-refractivity contribution in [3.63, 3.8) is 0 Å². The average Bonchev–Trinajstić information content (AvgIpc) is 2.36. The number of halogens is 1. The Morgan fingerprint density at radius 2 is 2.00 bits per heavy atom. The molecule has 2 rings (SSSR count). The van der Waals surface area contributed by atoms with E-state index in [9.17, 15) is 4.79 Å². The first-order valence-electron chi connectivity index (χ1n) is 5.63. The van der Waals surface area contributed by atoms with E-state index in [1.165, 1.54) is 5.56 Å². The number of hydrogen-bond acceptors (Lipinski definition) is 2. The molecule has 0 fully saturated rings. The number of carbonyl (C=O) groups is 1. The predicted octanol–water partition coefficient (Wildman–Crippen LogP) is 4.04. The molecule has 92 valence electrons. The summed E-state index contributed by atoms with van der Waals surface area (Å²) in [7, 11) is 0. The fourth-order valence-electron chi connectivity index (χ4n) is 1.72. The van der Waals surface area contributed by atoms with Gasteiger partial charge in [0.05, 0.1) is 10.6 Å².